The lowest BCUT2D eigenvalue weighted by molar-refractivity contribution is 0.0984. The number of aromatic nitrogens is 2. The van der Waals surface area contributed by atoms with E-state index in [0.29, 0.717) is 11.3 Å². The number of carbonyl (C=O) groups is 1. The molecule has 0 saturated carbocycles. The highest BCUT2D eigenvalue weighted by molar-refractivity contribution is 6.07. The highest BCUT2D eigenvalue weighted by Gasteiger charge is 2.26. The number of amides is 1. The molecule has 1 heterocycles. The van der Waals surface area contributed by atoms with Gasteiger partial charge >= 0.3 is 5.69 Å². The largest absolute Gasteiger partial charge is 0.496 e. The van der Waals surface area contributed by atoms with Gasteiger partial charge < -0.3 is 15.2 Å². The number of rotatable bonds is 8. The first kappa shape index (κ1) is 22.8. The molecule has 3 rings (SSSR count). The Labute approximate surface area is 185 Å². The molecule has 168 valence electrons. The van der Waals surface area contributed by atoms with E-state index in [1.54, 1.807) is 18.2 Å². The van der Waals surface area contributed by atoms with E-state index in [2.05, 4.69) is 4.98 Å². The average molecular weight is 438 g/mol. The molecule has 3 aromatic rings. The Morgan fingerprint density at radius 1 is 1.12 bits per heavy atom. The number of nitrogens with two attached hydrogens (primary N) is 1. The van der Waals surface area contributed by atoms with E-state index >= 15 is 0 Å². The molecule has 9 heteroatoms. The molecule has 2 aromatic carbocycles. The van der Waals surface area contributed by atoms with Gasteiger partial charge in [-0.2, -0.15) is 0 Å². The summed E-state index contributed by atoms with van der Waals surface area (Å²) in [6.07, 6.45) is 0. The monoisotopic (exact) mass is 438 g/mol. The molecular formula is C23H26N4O5. The van der Waals surface area contributed by atoms with Crippen molar-refractivity contribution in [3.63, 3.8) is 0 Å². The third-order valence-electron chi connectivity index (χ3n) is 5.09. The fourth-order valence-corrected chi connectivity index (χ4v) is 3.37. The van der Waals surface area contributed by atoms with Gasteiger partial charge in [-0.3, -0.25) is 24.0 Å². The van der Waals surface area contributed by atoms with Crippen molar-refractivity contribution < 1.29 is 14.3 Å². The van der Waals surface area contributed by atoms with Crippen molar-refractivity contribution in [2.75, 3.05) is 31.5 Å². The van der Waals surface area contributed by atoms with Gasteiger partial charge in [0.05, 0.1) is 26.8 Å². The molecular weight excluding hydrogens is 412 g/mol. The molecule has 0 spiro atoms. The molecule has 32 heavy (non-hydrogen) atoms. The Balaban J connectivity index is 2.17. The van der Waals surface area contributed by atoms with Crippen molar-refractivity contribution in [2.24, 2.45) is 0 Å². The van der Waals surface area contributed by atoms with Crippen LogP contribution in [0.3, 0.4) is 0 Å². The van der Waals surface area contributed by atoms with Crippen LogP contribution in [0.1, 0.15) is 21.5 Å². The number of nitrogen functional groups attached to an aromatic ring is 1. The topological polar surface area (TPSA) is 120 Å². The van der Waals surface area contributed by atoms with Crippen LogP contribution in [0, 0.1) is 6.92 Å². The number of hydrogen-bond donors (Lipinski definition) is 2. The van der Waals surface area contributed by atoms with Crippen LogP contribution < -0.4 is 26.6 Å². The Morgan fingerprint density at radius 2 is 1.84 bits per heavy atom. The smallest absolute Gasteiger partial charge is 0.330 e. The van der Waals surface area contributed by atoms with Gasteiger partial charge in [0, 0.05) is 12.7 Å². The normalized spacial score (nSPS) is 10.7. The lowest BCUT2D eigenvalue weighted by atomic mass is 10.1. The van der Waals surface area contributed by atoms with Crippen LogP contribution in [0.5, 0.6) is 5.75 Å². The van der Waals surface area contributed by atoms with Crippen LogP contribution in [0.4, 0.5) is 11.5 Å². The van der Waals surface area contributed by atoms with Gasteiger partial charge in [0.25, 0.3) is 11.5 Å². The fraction of sp³-hybridized carbons (Fsp3) is 0.261. The van der Waals surface area contributed by atoms with Gasteiger partial charge in [-0.1, -0.05) is 36.4 Å². The fourth-order valence-electron chi connectivity index (χ4n) is 3.37. The zero-order valence-electron chi connectivity index (χ0n) is 18.3. The molecule has 1 amide bonds. The number of aromatic amines is 1. The summed E-state index contributed by atoms with van der Waals surface area (Å²) in [5, 5.41) is 0. The first-order chi connectivity index (χ1) is 15.4. The van der Waals surface area contributed by atoms with Crippen molar-refractivity contribution >= 4 is 17.4 Å². The number of nitrogens with zero attached hydrogens (tertiary/aromatic N) is 2. The van der Waals surface area contributed by atoms with E-state index in [0.717, 1.165) is 11.1 Å². The zero-order chi connectivity index (χ0) is 23.3. The third-order valence-corrected chi connectivity index (χ3v) is 5.09. The Hall–Kier alpha value is -3.85. The maximum atomic E-state index is 13.6. The molecule has 0 unspecified atom stereocenters. The number of hydrogen-bond acceptors (Lipinski definition) is 6. The zero-order valence-corrected chi connectivity index (χ0v) is 18.3. The van der Waals surface area contributed by atoms with Crippen LogP contribution in [0.2, 0.25) is 0 Å². The molecule has 0 bridgehead atoms. The van der Waals surface area contributed by atoms with Crippen molar-refractivity contribution in [1.29, 1.82) is 0 Å². The minimum atomic E-state index is -0.746. The Bertz CT molecular complexity index is 1220. The van der Waals surface area contributed by atoms with Crippen LogP contribution in [0.15, 0.2) is 58.1 Å². The second kappa shape index (κ2) is 9.97. The van der Waals surface area contributed by atoms with Crippen molar-refractivity contribution in [1.82, 2.24) is 9.55 Å². The summed E-state index contributed by atoms with van der Waals surface area (Å²) in [6.45, 7) is 2.27. The summed E-state index contributed by atoms with van der Waals surface area (Å²) < 4.78 is 11.6. The predicted octanol–water partition coefficient (Wildman–Crippen LogP) is 1.93. The van der Waals surface area contributed by atoms with Gasteiger partial charge in [-0.25, -0.2) is 4.79 Å². The first-order valence-electron chi connectivity index (χ1n) is 9.99. The highest BCUT2D eigenvalue weighted by Crippen LogP contribution is 2.25. The van der Waals surface area contributed by atoms with E-state index in [1.165, 1.54) is 23.7 Å². The quantitative estimate of drug-likeness (QED) is 0.555. The summed E-state index contributed by atoms with van der Waals surface area (Å²) in [5.41, 5.74) is 6.69. The number of aryl methyl sites for hydroxylation is 1. The van der Waals surface area contributed by atoms with Gasteiger partial charge in [-0.05, 0) is 30.2 Å². The van der Waals surface area contributed by atoms with Gasteiger partial charge in [0.2, 0.25) is 0 Å². The van der Waals surface area contributed by atoms with Crippen LogP contribution in [-0.4, -0.2) is 36.3 Å². The number of H-pyrrole nitrogens is 1. The van der Waals surface area contributed by atoms with Crippen molar-refractivity contribution in [3.05, 3.63) is 86.1 Å². The molecule has 3 N–H and O–H groups in total. The summed E-state index contributed by atoms with van der Waals surface area (Å²) in [4.78, 5) is 42.3. The summed E-state index contributed by atoms with van der Waals surface area (Å²) in [7, 11) is 3.01. The second-order valence-electron chi connectivity index (χ2n) is 7.20. The summed E-state index contributed by atoms with van der Waals surface area (Å²) in [6, 6.07) is 14.2. The predicted molar refractivity (Wildman–Crippen MR) is 122 cm³/mol. The lowest BCUT2D eigenvalue weighted by Gasteiger charge is -2.25. The standard InChI is InChI=1S/C23H26N4O5/c1-15-9-10-17(13-18(15)32-3)22(29)27(14-16-7-5-4-6-8-16)19-20(24)26(11-12-31-2)23(30)25-21(19)28/h4-10,13H,11-12,14,24H2,1-3H3,(H,25,28,30). The van der Waals surface area contributed by atoms with Crippen LogP contribution >= 0.6 is 0 Å². The summed E-state index contributed by atoms with van der Waals surface area (Å²) >= 11 is 0. The SMILES string of the molecule is COCCn1c(N)c(N(Cc2ccccc2)C(=O)c2ccc(C)c(OC)c2)c(=O)[nH]c1=O. The number of ether oxygens (including phenoxy) is 2. The first-order valence-corrected chi connectivity index (χ1v) is 9.99. The van der Waals surface area contributed by atoms with Gasteiger partial charge in [0.1, 0.15) is 11.6 Å². The number of anilines is 2. The van der Waals surface area contributed by atoms with E-state index in [9.17, 15) is 14.4 Å². The average Bonchev–Trinajstić information content (AvgIpc) is 2.78. The van der Waals surface area contributed by atoms with Crippen molar-refractivity contribution in [3.8, 4) is 5.75 Å². The number of nitrogens with one attached hydrogen (secondary N) is 1. The number of methoxy groups -OCH3 is 2. The molecule has 9 nitrogen and oxygen atoms in total. The maximum Gasteiger partial charge on any atom is 0.330 e. The number of carbonyl (C=O) groups excluding carboxylic acids is 1. The molecule has 0 radical (unpaired) electrons. The Kier molecular flexibility index (Phi) is 7.11. The molecule has 0 aliphatic carbocycles. The lowest BCUT2D eigenvalue weighted by Crippen LogP contribution is -2.41. The van der Waals surface area contributed by atoms with E-state index in [1.807, 2.05) is 37.3 Å². The third kappa shape index (κ3) is 4.73. The highest BCUT2D eigenvalue weighted by atomic mass is 16.5. The molecule has 1 aromatic heterocycles. The van der Waals surface area contributed by atoms with E-state index in [4.69, 9.17) is 15.2 Å². The minimum Gasteiger partial charge on any atom is -0.496 e. The molecule has 0 fully saturated rings. The number of benzene rings is 2. The molecule has 0 atom stereocenters. The van der Waals surface area contributed by atoms with Crippen LogP contribution in [-0.2, 0) is 17.8 Å². The maximum absolute atomic E-state index is 13.6. The second-order valence-corrected chi connectivity index (χ2v) is 7.20. The van der Waals surface area contributed by atoms with E-state index < -0.39 is 17.2 Å². The van der Waals surface area contributed by atoms with Gasteiger partial charge in [0.15, 0.2) is 5.69 Å². The molecule has 0 aliphatic heterocycles. The molecule has 0 saturated heterocycles. The summed E-state index contributed by atoms with van der Waals surface area (Å²) in [5.74, 6) is -0.0251. The Morgan fingerprint density at radius 3 is 2.50 bits per heavy atom. The van der Waals surface area contributed by atoms with E-state index in [-0.39, 0.29) is 31.2 Å². The van der Waals surface area contributed by atoms with Crippen LogP contribution in [0.25, 0.3) is 0 Å². The molecule has 0 aliphatic rings. The van der Waals surface area contributed by atoms with Crippen molar-refractivity contribution in [2.45, 2.75) is 20.0 Å². The van der Waals surface area contributed by atoms with Gasteiger partial charge in [-0.15, -0.1) is 0 Å². The minimum absolute atomic E-state index is 0.0750.